The fourth-order valence-electron chi connectivity index (χ4n) is 3.75. The molecule has 5 heteroatoms. The molecule has 0 bridgehead atoms. The largest absolute Gasteiger partial charge is 0.356 e. The number of aromatic amines is 1. The van der Waals surface area contributed by atoms with Crippen LogP contribution in [0.5, 0.6) is 0 Å². The van der Waals surface area contributed by atoms with Gasteiger partial charge < -0.3 is 19.4 Å². The third kappa shape index (κ3) is 3.06. The normalized spacial score (nSPS) is 17.3. The van der Waals surface area contributed by atoms with Crippen LogP contribution in [0.1, 0.15) is 42.6 Å². The first-order valence-electron chi connectivity index (χ1n) is 8.49. The van der Waals surface area contributed by atoms with Gasteiger partial charge in [-0.25, -0.2) is 0 Å². The average molecular weight is 330 g/mol. The number of rotatable bonds is 5. The maximum Gasteiger partial charge on any atom is 0.220 e. The van der Waals surface area contributed by atoms with Gasteiger partial charge in [0, 0.05) is 37.7 Å². The minimum atomic E-state index is -0.411. The van der Waals surface area contributed by atoms with E-state index in [0.29, 0.717) is 6.54 Å². The first-order valence-corrected chi connectivity index (χ1v) is 8.49. The van der Waals surface area contributed by atoms with E-state index >= 15 is 0 Å². The van der Waals surface area contributed by atoms with Gasteiger partial charge in [0.25, 0.3) is 0 Å². The number of carbonyl (C=O) groups excluding carboxylic acids is 1. The van der Waals surface area contributed by atoms with Gasteiger partial charge in [0.05, 0.1) is 12.6 Å². The molecule has 1 aliphatic carbocycles. The molecule has 3 rings (SSSR count). The molecule has 1 aromatic carbocycles. The Bertz CT molecular complexity index is 734. The molecule has 130 valence electrons. The first kappa shape index (κ1) is 17.0. The zero-order valence-corrected chi connectivity index (χ0v) is 14.9. The third-order valence-corrected chi connectivity index (χ3v) is 4.98. The number of nitrogens with one attached hydrogen (secondary N) is 1. The van der Waals surface area contributed by atoms with Crippen molar-refractivity contribution in [3.8, 4) is 0 Å². The van der Waals surface area contributed by atoms with E-state index in [2.05, 4.69) is 30.1 Å². The number of aryl methyl sites for hydroxylation is 2. The van der Waals surface area contributed by atoms with Gasteiger partial charge in [-0.05, 0) is 43.9 Å². The molecule has 0 unspecified atom stereocenters. The van der Waals surface area contributed by atoms with Gasteiger partial charge in [-0.1, -0.05) is 11.6 Å². The van der Waals surface area contributed by atoms with Gasteiger partial charge in [-0.3, -0.25) is 4.79 Å². The van der Waals surface area contributed by atoms with E-state index < -0.39 is 6.29 Å². The first-order chi connectivity index (χ1) is 11.5. The molecular formula is C19H26N2O3. The molecule has 1 aromatic heterocycles. The van der Waals surface area contributed by atoms with E-state index in [1.807, 2.05) is 4.90 Å². The highest BCUT2D eigenvalue weighted by atomic mass is 16.7. The number of hydrogen-bond donors (Lipinski definition) is 1. The summed E-state index contributed by atoms with van der Waals surface area (Å²) in [7, 11) is 3.20. The number of hydrogen-bond acceptors (Lipinski definition) is 3. The Morgan fingerprint density at radius 1 is 1.38 bits per heavy atom. The number of amides is 1. The standard InChI is InChI=1S/C19H26N2O3/c1-12-8-9-16-15(10-12)14-6-5-7-17(19(14)20-16)21(13(2)22)11-18(23-3)24-4/h8-10,17-18,20H,5-7,11H2,1-4H3/t17-/m1/s1. The molecule has 0 fully saturated rings. The number of carbonyl (C=O) groups is 1. The molecule has 1 N–H and O–H groups in total. The lowest BCUT2D eigenvalue weighted by Gasteiger charge is -2.35. The van der Waals surface area contributed by atoms with Crippen LogP contribution in [0.3, 0.4) is 0 Å². The number of H-pyrrole nitrogens is 1. The summed E-state index contributed by atoms with van der Waals surface area (Å²) in [6.07, 6.45) is 2.68. The van der Waals surface area contributed by atoms with Crippen LogP contribution in [0.2, 0.25) is 0 Å². The second-order valence-electron chi connectivity index (χ2n) is 6.55. The lowest BCUT2D eigenvalue weighted by atomic mass is 9.90. The highest BCUT2D eigenvalue weighted by Gasteiger charge is 2.31. The minimum Gasteiger partial charge on any atom is -0.356 e. The van der Waals surface area contributed by atoms with Crippen molar-refractivity contribution in [2.75, 3.05) is 20.8 Å². The second-order valence-corrected chi connectivity index (χ2v) is 6.55. The average Bonchev–Trinajstić information content (AvgIpc) is 2.94. The van der Waals surface area contributed by atoms with Crippen molar-refractivity contribution in [2.45, 2.75) is 45.4 Å². The number of ether oxygens (including phenoxy) is 2. The van der Waals surface area contributed by atoms with Crippen LogP contribution in [-0.2, 0) is 20.7 Å². The summed E-state index contributed by atoms with van der Waals surface area (Å²) in [6.45, 7) is 4.16. The second kappa shape index (κ2) is 6.95. The molecule has 24 heavy (non-hydrogen) atoms. The van der Waals surface area contributed by atoms with Gasteiger partial charge in [0.1, 0.15) is 0 Å². The lowest BCUT2D eigenvalue weighted by molar-refractivity contribution is -0.148. The number of aromatic nitrogens is 1. The van der Waals surface area contributed by atoms with Crippen LogP contribution < -0.4 is 0 Å². The monoisotopic (exact) mass is 330 g/mol. The van der Waals surface area contributed by atoms with E-state index in [0.717, 1.165) is 24.8 Å². The van der Waals surface area contributed by atoms with Crippen molar-refractivity contribution in [2.24, 2.45) is 0 Å². The topological polar surface area (TPSA) is 54.6 Å². The van der Waals surface area contributed by atoms with Crippen molar-refractivity contribution >= 4 is 16.8 Å². The Kier molecular flexibility index (Phi) is 4.92. The maximum absolute atomic E-state index is 12.3. The van der Waals surface area contributed by atoms with E-state index in [1.54, 1.807) is 21.1 Å². The van der Waals surface area contributed by atoms with Crippen LogP contribution in [0.15, 0.2) is 18.2 Å². The summed E-state index contributed by atoms with van der Waals surface area (Å²) in [5, 5.41) is 1.29. The Labute approximate surface area is 142 Å². The van der Waals surface area contributed by atoms with Crippen molar-refractivity contribution in [1.82, 2.24) is 9.88 Å². The number of benzene rings is 1. The van der Waals surface area contributed by atoms with Crippen molar-refractivity contribution in [3.63, 3.8) is 0 Å². The number of nitrogens with zero attached hydrogens (tertiary/aromatic N) is 1. The van der Waals surface area contributed by atoms with Crippen LogP contribution in [0.25, 0.3) is 10.9 Å². The Morgan fingerprint density at radius 3 is 2.79 bits per heavy atom. The van der Waals surface area contributed by atoms with Crippen LogP contribution in [-0.4, -0.2) is 42.8 Å². The molecule has 0 radical (unpaired) electrons. The van der Waals surface area contributed by atoms with Gasteiger partial charge in [0.2, 0.25) is 5.91 Å². The zero-order valence-electron chi connectivity index (χ0n) is 14.9. The van der Waals surface area contributed by atoms with E-state index in [9.17, 15) is 4.79 Å². The molecule has 0 spiro atoms. The summed E-state index contributed by atoms with van der Waals surface area (Å²) in [5.41, 5.74) is 4.93. The predicted molar refractivity (Wildman–Crippen MR) is 93.9 cm³/mol. The molecule has 1 atom stereocenters. The molecule has 1 aliphatic rings. The van der Waals surface area contributed by atoms with Crippen molar-refractivity contribution in [3.05, 3.63) is 35.0 Å². The highest BCUT2D eigenvalue weighted by molar-refractivity contribution is 5.86. The van der Waals surface area contributed by atoms with Crippen molar-refractivity contribution < 1.29 is 14.3 Å². The molecular weight excluding hydrogens is 304 g/mol. The van der Waals surface area contributed by atoms with Gasteiger partial charge in [-0.2, -0.15) is 0 Å². The number of fused-ring (bicyclic) bond motifs is 3. The predicted octanol–water partition coefficient (Wildman–Crippen LogP) is 3.32. The molecule has 0 aliphatic heterocycles. The summed E-state index contributed by atoms with van der Waals surface area (Å²) >= 11 is 0. The van der Waals surface area contributed by atoms with E-state index in [1.165, 1.54) is 22.2 Å². The molecule has 1 amide bonds. The molecule has 0 saturated heterocycles. The summed E-state index contributed by atoms with van der Waals surface area (Å²) < 4.78 is 10.6. The van der Waals surface area contributed by atoms with Crippen LogP contribution >= 0.6 is 0 Å². The third-order valence-electron chi connectivity index (χ3n) is 4.98. The Morgan fingerprint density at radius 2 is 2.12 bits per heavy atom. The summed E-state index contributed by atoms with van der Waals surface area (Å²) in [4.78, 5) is 17.7. The Hall–Kier alpha value is -1.85. The molecule has 0 saturated carbocycles. The lowest BCUT2D eigenvalue weighted by Crippen LogP contribution is -2.41. The zero-order chi connectivity index (χ0) is 17.3. The van der Waals surface area contributed by atoms with Crippen LogP contribution in [0.4, 0.5) is 0 Å². The van der Waals surface area contributed by atoms with Crippen LogP contribution in [0, 0.1) is 6.92 Å². The minimum absolute atomic E-state index is 0.0433. The van der Waals surface area contributed by atoms with Gasteiger partial charge >= 0.3 is 0 Å². The molecule has 5 nitrogen and oxygen atoms in total. The van der Waals surface area contributed by atoms with Gasteiger partial charge in [0.15, 0.2) is 6.29 Å². The fourth-order valence-corrected chi connectivity index (χ4v) is 3.75. The van der Waals surface area contributed by atoms with E-state index in [-0.39, 0.29) is 11.9 Å². The number of methoxy groups -OCH3 is 2. The van der Waals surface area contributed by atoms with Crippen molar-refractivity contribution in [1.29, 1.82) is 0 Å². The van der Waals surface area contributed by atoms with Gasteiger partial charge in [-0.15, -0.1) is 0 Å². The quantitative estimate of drug-likeness (QED) is 0.856. The highest BCUT2D eigenvalue weighted by Crippen LogP contribution is 2.38. The smallest absolute Gasteiger partial charge is 0.220 e. The summed E-state index contributed by atoms with van der Waals surface area (Å²) in [6, 6.07) is 6.53. The summed E-state index contributed by atoms with van der Waals surface area (Å²) in [5.74, 6) is 0.0433. The molecule has 2 aromatic rings. The molecule has 1 heterocycles. The van der Waals surface area contributed by atoms with E-state index in [4.69, 9.17) is 9.47 Å². The Balaban J connectivity index is 2.00. The maximum atomic E-state index is 12.3. The fraction of sp³-hybridized carbons (Fsp3) is 0.526. The SMILES string of the molecule is COC(CN(C(C)=O)[C@@H]1CCCc2c1[nH]c1ccc(C)cc21)OC.